The van der Waals surface area contributed by atoms with Gasteiger partial charge in [-0.3, -0.25) is 4.79 Å². The van der Waals surface area contributed by atoms with Gasteiger partial charge in [-0.2, -0.15) is 0 Å². The van der Waals surface area contributed by atoms with Crippen LogP contribution < -0.4 is 9.47 Å². The fraction of sp³-hybridized carbons (Fsp3) is 0.350. The Hall–Kier alpha value is -2.56. The van der Waals surface area contributed by atoms with Crippen molar-refractivity contribution in [3.05, 3.63) is 59.4 Å². The third-order valence-electron chi connectivity index (χ3n) is 4.77. The number of halogens is 1. The van der Waals surface area contributed by atoms with Crippen molar-refractivity contribution in [3.8, 4) is 11.5 Å². The van der Waals surface area contributed by atoms with Crippen molar-refractivity contribution in [1.82, 2.24) is 4.90 Å². The Kier molecular flexibility index (Phi) is 4.66. The normalized spacial score (nSPS) is 14.7. The summed E-state index contributed by atoms with van der Waals surface area (Å²) in [6.07, 6.45) is 1.60. The zero-order chi connectivity index (χ0) is 18.0. The van der Waals surface area contributed by atoms with Gasteiger partial charge in [-0.05, 0) is 48.2 Å². The van der Waals surface area contributed by atoms with Crippen molar-refractivity contribution >= 4 is 5.91 Å². The lowest BCUT2D eigenvalue weighted by atomic mass is 9.94. The minimum Gasteiger partial charge on any atom is -0.493 e. The average molecular weight is 343 g/mol. The van der Waals surface area contributed by atoms with Crippen LogP contribution in [0.3, 0.4) is 0 Å². The van der Waals surface area contributed by atoms with E-state index in [9.17, 15) is 9.18 Å². The third kappa shape index (κ3) is 3.31. The summed E-state index contributed by atoms with van der Waals surface area (Å²) in [5.41, 5.74) is 1.35. The molecule has 1 aliphatic rings. The summed E-state index contributed by atoms with van der Waals surface area (Å²) >= 11 is 0. The van der Waals surface area contributed by atoms with Gasteiger partial charge in [0.25, 0.3) is 0 Å². The Morgan fingerprint density at radius 3 is 2.28 bits per heavy atom. The fourth-order valence-corrected chi connectivity index (χ4v) is 3.21. The molecule has 2 aromatic rings. The summed E-state index contributed by atoms with van der Waals surface area (Å²) in [4.78, 5) is 14.7. The molecule has 0 spiro atoms. The molecule has 1 fully saturated rings. The van der Waals surface area contributed by atoms with Gasteiger partial charge in [0.15, 0.2) is 11.5 Å². The van der Waals surface area contributed by atoms with E-state index in [2.05, 4.69) is 0 Å². The van der Waals surface area contributed by atoms with Crippen molar-refractivity contribution in [2.24, 2.45) is 0 Å². The molecular weight excluding hydrogens is 321 g/mol. The second-order valence-corrected chi connectivity index (χ2v) is 6.44. The van der Waals surface area contributed by atoms with Crippen LogP contribution >= 0.6 is 0 Å². The Bertz CT molecular complexity index is 769. The van der Waals surface area contributed by atoms with Crippen LogP contribution in [0.5, 0.6) is 11.5 Å². The SMILES string of the molecule is COc1ccc(CN(C)C(=O)C2(c3ccc(F)cc3)CC2)cc1OC. The first-order valence-corrected chi connectivity index (χ1v) is 8.22. The molecule has 5 heteroatoms. The first-order valence-electron chi connectivity index (χ1n) is 8.22. The summed E-state index contributed by atoms with van der Waals surface area (Å²) in [5.74, 6) is 1.07. The van der Waals surface area contributed by atoms with Crippen molar-refractivity contribution in [3.63, 3.8) is 0 Å². The monoisotopic (exact) mass is 343 g/mol. The van der Waals surface area contributed by atoms with Crippen molar-refractivity contribution < 1.29 is 18.7 Å². The molecule has 1 amide bonds. The zero-order valence-electron chi connectivity index (χ0n) is 14.7. The van der Waals surface area contributed by atoms with Crippen LogP contribution in [0.15, 0.2) is 42.5 Å². The lowest BCUT2D eigenvalue weighted by Crippen LogP contribution is -2.36. The molecule has 0 heterocycles. The number of likely N-dealkylation sites (N-methyl/N-ethyl adjacent to an activating group) is 1. The molecule has 0 unspecified atom stereocenters. The van der Waals surface area contributed by atoms with Gasteiger partial charge in [0.05, 0.1) is 19.6 Å². The Labute approximate surface area is 147 Å². The van der Waals surface area contributed by atoms with Crippen molar-refractivity contribution in [2.45, 2.75) is 24.8 Å². The van der Waals surface area contributed by atoms with Crippen LogP contribution in [-0.4, -0.2) is 32.1 Å². The van der Waals surface area contributed by atoms with E-state index in [-0.39, 0.29) is 11.7 Å². The maximum absolute atomic E-state index is 13.2. The lowest BCUT2D eigenvalue weighted by Gasteiger charge is -2.24. The summed E-state index contributed by atoms with van der Waals surface area (Å²) in [7, 11) is 4.97. The van der Waals surface area contributed by atoms with E-state index < -0.39 is 5.41 Å². The van der Waals surface area contributed by atoms with E-state index in [0.29, 0.717) is 18.0 Å². The molecule has 0 aliphatic heterocycles. The molecule has 25 heavy (non-hydrogen) atoms. The summed E-state index contributed by atoms with van der Waals surface area (Å²) in [6.45, 7) is 0.474. The molecule has 2 aromatic carbocycles. The maximum Gasteiger partial charge on any atom is 0.233 e. The van der Waals surface area contributed by atoms with Gasteiger partial charge in [-0.1, -0.05) is 18.2 Å². The van der Waals surface area contributed by atoms with Crippen LogP contribution in [0.2, 0.25) is 0 Å². The number of hydrogen-bond donors (Lipinski definition) is 0. The van der Waals surface area contributed by atoms with Gasteiger partial charge in [0.2, 0.25) is 5.91 Å². The minimum atomic E-state index is -0.501. The van der Waals surface area contributed by atoms with Crippen LogP contribution in [0, 0.1) is 5.82 Å². The first-order chi connectivity index (χ1) is 12.0. The van der Waals surface area contributed by atoms with Gasteiger partial charge >= 0.3 is 0 Å². The number of amides is 1. The van der Waals surface area contributed by atoms with Gasteiger partial charge in [0, 0.05) is 13.6 Å². The van der Waals surface area contributed by atoms with Crippen LogP contribution in [0.1, 0.15) is 24.0 Å². The molecule has 0 radical (unpaired) electrons. The van der Waals surface area contributed by atoms with Crippen LogP contribution in [-0.2, 0) is 16.8 Å². The van der Waals surface area contributed by atoms with Crippen LogP contribution in [0.4, 0.5) is 4.39 Å². The summed E-state index contributed by atoms with van der Waals surface area (Å²) in [6, 6.07) is 11.9. The highest BCUT2D eigenvalue weighted by Crippen LogP contribution is 2.49. The fourth-order valence-electron chi connectivity index (χ4n) is 3.21. The quantitative estimate of drug-likeness (QED) is 0.805. The number of rotatable bonds is 6. The molecule has 1 aliphatic carbocycles. The highest BCUT2D eigenvalue weighted by Gasteiger charge is 2.52. The molecule has 132 valence electrons. The zero-order valence-corrected chi connectivity index (χ0v) is 14.7. The molecule has 0 bridgehead atoms. The molecule has 3 rings (SSSR count). The number of methoxy groups -OCH3 is 2. The number of carbonyl (C=O) groups is 1. The number of hydrogen-bond acceptors (Lipinski definition) is 3. The van der Waals surface area contributed by atoms with Gasteiger partial charge in [-0.15, -0.1) is 0 Å². The van der Waals surface area contributed by atoms with Crippen LogP contribution in [0.25, 0.3) is 0 Å². The second-order valence-electron chi connectivity index (χ2n) is 6.44. The van der Waals surface area contributed by atoms with E-state index in [1.165, 1.54) is 12.1 Å². The number of ether oxygens (including phenoxy) is 2. The molecule has 0 atom stereocenters. The second kappa shape index (κ2) is 6.75. The third-order valence-corrected chi connectivity index (χ3v) is 4.77. The van der Waals surface area contributed by atoms with Crippen molar-refractivity contribution in [1.29, 1.82) is 0 Å². The van der Waals surface area contributed by atoms with E-state index in [1.54, 1.807) is 38.3 Å². The lowest BCUT2D eigenvalue weighted by molar-refractivity contribution is -0.133. The highest BCUT2D eigenvalue weighted by molar-refractivity contribution is 5.91. The smallest absolute Gasteiger partial charge is 0.233 e. The van der Waals surface area contributed by atoms with Gasteiger partial charge < -0.3 is 14.4 Å². The molecule has 0 aromatic heterocycles. The van der Waals surface area contributed by atoms with Gasteiger partial charge in [0.1, 0.15) is 5.82 Å². The number of nitrogens with zero attached hydrogens (tertiary/aromatic N) is 1. The molecule has 4 nitrogen and oxygen atoms in total. The highest BCUT2D eigenvalue weighted by atomic mass is 19.1. The first kappa shape index (κ1) is 17.3. The molecular formula is C20H22FNO3. The molecule has 0 N–H and O–H groups in total. The summed E-state index contributed by atoms with van der Waals surface area (Å²) < 4.78 is 23.7. The van der Waals surface area contributed by atoms with E-state index >= 15 is 0 Å². The predicted molar refractivity (Wildman–Crippen MR) is 93.3 cm³/mol. The van der Waals surface area contributed by atoms with E-state index in [0.717, 1.165) is 24.0 Å². The maximum atomic E-state index is 13.2. The number of benzene rings is 2. The largest absolute Gasteiger partial charge is 0.493 e. The standard InChI is InChI=1S/C20H22FNO3/c1-22(13-14-4-9-17(24-2)18(12-14)25-3)19(23)20(10-11-20)15-5-7-16(21)8-6-15/h4-9,12H,10-11,13H2,1-3H3. The number of carbonyl (C=O) groups excluding carboxylic acids is 1. The Morgan fingerprint density at radius 1 is 1.08 bits per heavy atom. The predicted octanol–water partition coefficient (Wildman–Crippen LogP) is 3.53. The Balaban J connectivity index is 1.76. The topological polar surface area (TPSA) is 38.8 Å². The Morgan fingerprint density at radius 2 is 1.72 bits per heavy atom. The minimum absolute atomic E-state index is 0.0638. The van der Waals surface area contributed by atoms with E-state index in [1.807, 2.05) is 18.2 Å². The molecule has 1 saturated carbocycles. The van der Waals surface area contributed by atoms with Gasteiger partial charge in [-0.25, -0.2) is 4.39 Å². The molecule has 0 saturated heterocycles. The summed E-state index contributed by atoms with van der Waals surface area (Å²) in [5, 5.41) is 0. The average Bonchev–Trinajstić information content (AvgIpc) is 3.43. The van der Waals surface area contributed by atoms with E-state index in [4.69, 9.17) is 9.47 Å². The van der Waals surface area contributed by atoms with Crippen molar-refractivity contribution in [2.75, 3.05) is 21.3 Å².